The minimum Gasteiger partial charge on any atom is -0.382 e. The SMILES string of the molecule is COP(=S)(N=C1N(C)CCN1C)N1C[C@@H](CSC)O[C@@H](n2cnc3c(N)ncnc32)C1. The van der Waals surface area contributed by atoms with Gasteiger partial charge in [-0.05, 0) is 18.1 Å². The van der Waals surface area contributed by atoms with Crippen LogP contribution in [0.4, 0.5) is 5.82 Å². The van der Waals surface area contributed by atoms with E-state index in [4.69, 9.17) is 31.6 Å². The van der Waals surface area contributed by atoms with Crippen LogP contribution >= 0.6 is 18.3 Å². The molecule has 4 heterocycles. The van der Waals surface area contributed by atoms with Gasteiger partial charge < -0.3 is 24.8 Å². The van der Waals surface area contributed by atoms with Gasteiger partial charge in [0.05, 0.1) is 19.0 Å². The number of anilines is 1. The van der Waals surface area contributed by atoms with Crippen LogP contribution in [0.25, 0.3) is 11.2 Å². The van der Waals surface area contributed by atoms with E-state index >= 15 is 0 Å². The molecular formula is C17H28N9O2PS2. The summed E-state index contributed by atoms with van der Waals surface area (Å²) in [5, 5.41) is 0. The Balaban J connectivity index is 1.69. The van der Waals surface area contributed by atoms with E-state index in [2.05, 4.69) is 35.7 Å². The van der Waals surface area contributed by atoms with E-state index in [1.54, 1.807) is 25.2 Å². The van der Waals surface area contributed by atoms with Crippen molar-refractivity contribution in [2.24, 2.45) is 4.76 Å². The second-order valence-corrected chi connectivity index (χ2v) is 12.0. The van der Waals surface area contributed by atoms with Crippen molar-refractivity contribution in [3.05, 3.63) is 12.7 Å². The summed E-state index contributed by atoms with van der Waals surface area (Å²) in [5.74, 6) is 2.03. The summed E-state index contributed by atoms with van der Waals surface area (Å²) in [6.45, 7) is 0.308. The smallest absolute Gasteiger partial charge is 0.250 e. The maximum atomic E-state index is 6.41. The molecule has 14 heteroatoms. The number of imidazole rings is 1. The first-order valence-electron chi connectivity index (χ1n) is 9.87. The van der Waals surface area contributed by atoms with Gasteiger partial charge in [-0.2, -0.15) is 16.5 Å². The lowest BCUT2D eigenvalue weighted by Crippen LogP contribution is -2.45. The molecule has 0 amide bonds. The molecule has 2 saturated heterocycles. The minimum absolute atomic E-state index is 0.0397. The summed E-state index contributed by atoms with van der Waals surface area (Å²) in [6.07, 6.45) is 4.81. The van der Waals surface area contributed by atoms with Gasteiger partial charge >= 0.3 is 0 Å². The van der Waals surface area contributed by atoms with E-state index in [0.717, 1.165) is 24.8 Å². The lowest BCUT2D eigenvalue weighted by molar-refractivity contribution is -0.0899. The van der Waals surface area contributed by atoms with Crippen LogP contribution in [0.5, 0.6) is 0 Å². The third kappa shape index (κ3) is 4.39. The normalized spacial score (nSPS) is 24.7. The Hall–Kier alpha value is -1.50. The fourth-order valence-electron chi connectivity index (χ4n) is 3.79. The maximum Gasteiger partial charge on any atom is 0.250 e. The van der Waals surface area contributed by atoms with Crippen molar-refractivity contribution in [1.29, 1.82) is 0 Å². The summed E-state index contributed by atoms with van der Waals surface area (Å²) in [4.78, 5) is 17.0. The molecule has 0 aromatic carbocycles. The maximum absolute atomic E-state index is 6.41. The average Bonchev–Trinajstić information content (AvgIpc) is 3.33. The summed E-state index contributed by atoms with van der Waals surface area (Å²) in [6, 6.07) is 0. The molecule has 2 aromatic rings. The number of thioether (sulfide) groups is 1. The molecule has 11 nitrogen and oxygen atoms in total. The zero-order chi connectivity index (χ0) is 22.2. The van der Waals surface area contributed by atoms with Crippen molar-refractivity contribution in [2.75, 3.05) is 65.1 Å². The monoisotopic (exact) mass is 485 g/mol. The van der Waals surface area contributed by atoms with E-state index in [-0.39, 0.29) is 12.3 Å². The first-order chi connectivity index (χ1) is 14.9. The zero-order valence-electron chi connectivity index (χ0n) is 18.1. The lowest BCUT2D eigenvalue weighted by Gasteiger charge is -2.41. The van der Waals surface area contributed by atoms with Gasteiger partial charge in [0.15, 0.2) is 11.5 Å². The molecule has 2 aliphatic heterocycles. The molecule has 2 fully saturated rings. The highest BCUT2D eigenvalue weighted by Crippen LogP contribution is 2.54. The molecule has 4 rings (SSSR count). The highest BCUT2D eigenvalue weighted by atomic mass is 32.5. The van der Waals surface area contributed by atoms with Gasteiger partial charge in [-0.25, -0.2) is 19.6 Å². The number of guanidine groups is 1. The number of likely N-dealkylation sites (N-methyl/N-ethyl adjacent to an activating group) is 2. The number of nitrogen functional groups attached to an aromatic ring is 1. The van der Waals surface area contributed by atoms with Crippen LogP contribution in [0.1, 0.15) is 6.23 Å². The van der Waals surface area contributed by atoms with Gasteiger partial charge in [0, 0.05) is 46.6 Å². The van der Waals surface area contributed by atoms with Crippen LogP contribution in [-0.2, 0) is 21.1 Å². The highest BCUT2D eigenvalue weighted by Gasteiger charge is 2.38. The Bertz CT molecular complexity index is 1010. The van der Waals surface area contributed by atoms with Crippen LogP contribution in [0.15, 0.2) is 17.4 Å². The molecular weight excluding hydrogens is 457 g/mol. The number of hydrogen-bond acceptors (Lipinski definition) is 8. The Morgan fingerprint density at radius 1 is 1.29 bits per heavy atom. The summed E-state index contributed by atoms with van der Waals surface area (Å²) < 4.78 is 21.3. The zero-order valence-corrected chi connectivity index (χ0v) is 20.6. The highest BCUT2D eigenvalue weighted by molar-refractivity contribution is 8.10. The van der Waals surface area contributed by atoms with Crippen LogP contribution in [-0.4, -0.2) is 105 Å². The van der Waals surface area contributed by atoms with Gasteiger partial charge in [-0.3, -0.25) is 4.57 Å². The van der Waals surface area contributed by atoms with Crippen LogP contribution in [0.2, 0.25) is 0 Å². The van der Waals surface area contributed by atoms with Crippen molar-refractivity contribution in [1.82, 2.24) is 34.0 Å². The molecule has 2 N–H and O–H groups in total. The van der Waals surface area contributed by atoms with Gasteiger partial charge in [-0.15, -0.1) is 0 Å². The molecule has 0 bridgehead atoms. The van der Waals surface area contributed by atoms with Crippen molar-refractivity contribution >= 4 is 53.1 Å². The molecule has 31 heavy (non-hydrogen) atoms. The molecule has 0 radical (unpaired) electrons. The van der Waals surface area contributed by atoms with Gasteiger partial charge in [0.2, 0.25) is 12.5 Å². The minimum atomic E-state index is -2.68. The number of ether oxygens (including phenoxy) is 1. The molecule has 3 atom stereocenters. The van der Waals surface area contributed by atoms with Crippen LogP contribution in [0, 0.1) is 0 Å². The fourth-order valence-corrected chi connectivity index (χ4v) is 6.67. The predicted molar refractivity (Wildman–Crippen MR) is 128 cm³/mol. The predicted octanol–water partition coefficient (Wildman–Crippen LogP) is 1.07. The van der Waals surface area contributed by atoms with E-state index in [1.165, 1.54) is 6.33 Å². The summed E-state index contributed by atoms with van der Waals surface area (Å²) >= 11 is 7.77. The Morgan fingerprint density at radius 2 is 2.03 bits per heavy atom. The van der Waals surface area contributed by atoms with Gasteiger partial charge in [0.1, 0.15) is 18.1 Å². The van der Waals surface area contributed by atoms with Crippen LogP contribution in [0.3, 0.4) is 0 Å². The van der Waals surface area contributed by atoms with Crippen LogP contribution < -0.4 is 5.73 Å². The molecule has 0 saturated carbocycles. The number of rotatable bonds is 6. The van der Waals surface area contributed by atoms with E-state index < -0.39 is 6.57 Å². The first kappa shape index (κ1) is 22.7. The third-order valence-electron chi connectivity index (χ3n) is 5.45. The molecule has 0 spiro atoms. The Kier molecular flexibility index (Phi) is 6.71. The summed E-state index contributed by atoms with van der Waals surface area (Å²) in [5.41, 5.74) is 7.16. The number of nitrogens with zero attached hydrogens (tertiary/aromatic N) is 8. The van der Waals surface area contributed by atoms with Crippen molar-refractivity contribution in [3.63, 3.8) is 0 Å². The second-order valence-electron chi connectivity index (χ2n) is 7.54. The second kappa shape index (κ2) is 9.16. The fraction of sp³-hybridized carbons (Fsp3) is 0.647. The lowest BCUT2D eigenvalue weighted by atomic mass is 10.3. The molecule has 1 unspecified atom stereocenters. The van der Waals surface area contributed by atoms with Gasteiger partial charge in [0.25, 0.3) is 0 Å². The average molecular weight is 486 g/mol. The quantitative estimate of drug-likeness (QED) is 0.593. The van der Waals surface area contributed by atoms with Crippen molar-refractivity contribution in [3.8, 4) is 0 Å². The molecule has 170 valence electrons. The topological polar surface area (TPSA) is 110 Å². The molecule has 2 aliphatic rings. The van der Waals surface area contributed by atoms with E-state index in [1.807, 2.05) is 18.7 Å². The van der Waals surface area contributed by atoms with Crippen molar-refractivity contribution < 1.29 is 9.26 Å². The van der Waals surface area contributed by atoms with Crippen molar-refractivity contribution in [2.45, 2.75) is 12.3 Å². The number of fused-ring (bicyclic) bond motifs is 1. The molecule has 2 aromatic heterocycles. The Morgan fingerprint density at radius 3 is 2.71 bits per heavy atom. The first-order valence-corrected chi connectivity index (χ1v) is 13.9. The largest absolute Gasteiger partial charge is 0.382 e. The number of aromatic nitrogens is 4. The van der Waals surface area contributed by atoms with Gasteiger partial charge in [-0.1, -0.05) is 0 Å². The Labute approximate surface area is 191 Å². The molecule has 0 aliphatic carbocycles. The number of morpholine rings is 1. The van der Waals surface area contributed by atoms with E-state index in [0.29, 0.717) is 30.1 Å². The number of nitrogens with two attached hydrogens (primary N) is 1. The number of hydrogen-bond donors (Lipinski definition) is 1. The third-order valence-corrected chi connectivity index (χ3v) is 9.48. The summed E-state index contributed by atoms with van der Waals surface area (Å²) in [7, 11) is 5.70. The van der Waals surface area contributed by atoms with E-state index in [9.17, 15) is 0 Å². The standard InChI is InChI=1S/C17H28N9O2PS2/c1-23-5-6-24(2)17(23)22-29(30,27-3)25-7-12(9-31-4)28-13(8-25)26-11-21-14-15(18)19-10-20-16(14)26/h10-13H,5-9H2,1-4H3,(H2,18,19,20)/t12-,13+,29?/m0/s1.